The highest BCUT2D eigenvalue weighted by atomic mass is 16.1. The second-order valence-electron chi connectivity index (χ2n) is 5.57. The Balaban J connectivity index is 1.86. The van der Waals surface area contributed by atoms with Gasteiger partial charge >= 0.3 is 0 Å². The van der Waals surface area contributed by atoms with Gasteiger partial charge in [0.2, 0.25) is 5.91 Å². The molecular weight excluding hydrogens is 238 g/mol. The Kier molecular flexibility index (Phi) is 4.91. The third-order valence-corrected chi connectivity index (χ3v) is 3.41. The Morgan fingerprint density at radius 2 is 2.37 bits per heavy atom. The summed E-state index contributed by atoms with van der Waals surface area (Å²) < 4.78 is 0. The Morgan fingerprint density at radius 3 is 3.16 bits per heavy atom. The third-order valence-electron chi connectivity index (χ3n) is 3.41. The van der Waals surface area contributed by atoms with Gasteiger partial charge in [0.15, 0.2) is 0 Å². The normalized spacial score (nSPS) is 18.2. The molecule has 2 rings (SSSR count). The van der Waals surface area contributed by atoms with Crippen molar-refractivity contribution in [3.63, 3.8) is 0 Å². The van der Waals surface area contributed by atoms with Gasteiger partial charge in [-0.05, 0) is 36.8 Å². The van der Waals surface area contributed by atoms with Gasteiger partial charge in [0, 0.05) is 12.7 Å². The van der Waals surface area contributed by atoms with Crippen molar-refractivity contribution in [1.29, 1.82) is 0 Å². The molecule has 4 nitrogen and oxygen atoms in total. The summed E-state index contributed by atoms with van der Waals surface area (Å²) in [5.74, 6) is 0.553. The highest BCUT2D eigenvalue weighted by Gasteiger charge is 2.21. The summed E-state index contributed by atoms with van der Waals surface area (Å²) >= 11 is 0. The fourth-order valence-corrected chi connectivity index (χ4v) is 2.40. The zero-order valence-electron chi connectivity index (χ0n) is 11.8. The van der Waals surface area contributed by atoms with E-state index in [0.29, 0.717) is 12.5 Å². The maximum Gasteiger partial charge on any atom is 0.233 e. The van der Waals surface area contributed by atoms with Crippen LogP contribution in [0.5, 0.6) is 0 Å². The number of carbonyl (C=O) groups excluding carboxylic acids is 1. The molecule has 1 amide bonds. The highest BCUT2D eigenvalue weighted by molar-refractivity contribution is 5.78. The van der Waals surface area contributed by atoms with Crippen molar-refractivity contribution in [2.45, 2.75) is 39.2 Å². The average Bonchev–Trinajstić information content (AvgIpc) is 2.42. The first-order valence-electron chi connectivity index (χ1n) is 7.10. The van der Waals surface area contributed by atoms with E-state index in [9.17, 15) is 4.79 Å². The van der Waals surface area contributed by atoms with Gasteiger partial charge < -0.3 is 10.6 Å². The van der Waals surface area contributed by atoms with Gasteiger partial charge in [0.1, 0.15) is 0 Å². The summed E-state index contributed by atoms with van der Waals surface area (Å²) in [6.45, 7) is 5.29. The first-order valence-corrected chi connectivity index (χ1v) is 7.10. The molecule has 0 bridgehead atoms. The molecule has 1 aliphatic rings. The van der Waals surface area contributed by atoms with Gasteiger partial charge in [0.25, 0.3) is 0 Å². The predicted octanol–water partition coefficient (Wildman–Crippen LogP) is 1.82. The molecule has 0 aliphatic heterocycles. The maximum atomic E-state index is 11.7. The van der Waals surface area contributed by atoms with Crippen LogP contribution in [0.1, 0.15) is 44.0 Å². The summed E-state index contributed by atoms with van der Waals surface area (Å²) in [5, 5.41) is 6.25. The fraction of sp³-hybridized carbons (Fsp3) is 0.600. The Labute approximate surface area is 115 Å². The summed E-state index contributed by atoms with van der Waals surface area (Å²) in [6, 6.07) is 4.33. The topological polar surface area (TPSA) is 54.0 Å². The molecule has 0 radical (unpaired) electrons. The molecular formula is C15H23N3O. The SMILES string of the molecule is CC(C)CNC(=O)CNC1CCCc2cccnc21. The average molecular weight is 261 g/mol. The summed E-state index contributed by atoms with van der Waals surface area (Å²) in [6.07, 6.45) is 5.14. The summed E-state index contributed by atoms with van der Waals surface area (Å²) in [7, 11) is 0. The number of hydrogen-bond donors (Lipinski definition) is 2. The van der Waals surface area contributed by atoms with Crippen molar-refractivity contribution >= 4 is 5.91 Å². The molecule has 0 saturated carbocycles. The van der Waals surface area contributed by atoms with E-state index in [4.69, 9.17) is 0 Å². The Morgan fingerprint density at radius 1 is 1.53 bits per heavy atom. The number of nitrogens with one attached hydrogen (secondary N) is 2. The van der Waals surface area contributed by atoms with Crippen LogP contribution in [0.15, 0.2) is 18.3 Å². The molecule has 0 spiro atoms. The van der Waals surface area contributed by atoms with Crippen LogP contribution in [0.25, 0.3) is 0 Å². The van der Waals surface area contributed by atoms with E-state index in [1.165, 1.54) is 5.56 Å². The number of amides is 1. The van der Waals surface area contributed by atoms with E-state index in [2.05, 4.69) is 35.5 Å². The number of aromatic nitrogens is 1. The number of fused-ring (bicyclic) bond motifs is 1. The molecule has 1 aliphatic carbocycles. The standard InChI is InChI=1S/C15H23N3O/c1-11(2)9-18-14(19)10-17-13-7-3-5-12-6-4-8-16-15(12)13/h4,6,8,11,13,17H,3,5,7,9-10H2,1-2H3,(H,18,19). The minimum Gasteiger partial charge on any atom is -0.355 e. The third kappa shape index (κ3) is 4.03. The summed E-state index contributed by atoms with van der Waals surface area (Å²) in [5.41, 5.74) is 2.43. The lowest BCUT2D eigenvalue weighted by molar-refractivity contribution is -0.120. The van der Waals surface area contributed by atoms with Crippen LogP contribution in [0.2, 0.25) is 0 Å². The first kappa shape index (κ1) is 14.0. The fourth-order valence-electron chi connectivity index (χ4n) is 2.40. The van der Waals surface area contributed by atoms with E-state index in [-0.39, 0.29) is 11.9 Å². The number of pyridine rings is 1. The highest BCUT2D eigenvalue weighted by Crippen LogP contribution is 2.27. The van der Waals surface area contributed by atoms with Gasteiger partial charge in [-0.2, -0.15) is 0 Å². The lowest BCUT2D eigenvalue weighted by Crippen LogP contribution is -2.38. The molecule has 1 aromatic heterocycles. The van der Waals surface area contributed by atoms with Gasteiger partial charge in [0.05, 0.1) is 18.3 Å². The second kappa shape index (κ2) is 6.66. The molecule has 104 valence electrons. The zero-order valence-corrected chi connectivity index (χ0v) is 11.8. The largest absolute Gasteiger partial charge is 0.355 e. The molecule has 1 aromatic rings. The van der Waals surface area contributed by atoms with Crippen LogP contribution in [-0.4, -0.2) is 24.0 Å². The molecule has 4 heteroatoms. The molecule has 0 saturated heterocycles. The van der Waals surface area contributed by atoms with Crippen LogP contribution in [0, 0.1) is 5.92 Å². The predicted molar refractivity (Wildman–Crippen MR) is 75.8 cm³/mol. The van der Waals surface area contributed by atoms with E-state index >= 15 is 0 Å². The first-order chi connectivity index (χ1) is 9.16. The van der Waals surface area contributed by atoms with Crippen molar-refractivity contribution in [2.75, 3.05) is 13.1 Å². The van der Waals surface area contributed by atoms with Crippen LogP contribution >= 0.6 is 0 Å². The maximum absolute atomic E-state index is 11.7. The number of aryl methyl sites for hydroxylation is 1. The minimum atomic E-state index is 0.0664. The van der Waals surface area contributed by atoms with Gasteiger partial charge in [-0.25, -0.2) is 0 Å². The van der Waals surface area contributed by atoms with Crippen LogP contribution in [-0.2, 0) is 11.2 Å². The van der Waals surface area contributed by atoms with E-state index in [0.717, 1.165) is 31.5 Å². The molecule has 0 aromatic carbocycles. The van der Waals surface area contributed by atoms with Crippen molar-refractivity contribution in [1.82, 2.24) is 15.6 Å². The Hall–Kier alpha value is -1.42. The van der Waals surface area contributed by atoms with E-state index in [1.54, 1.807) is 0 Å². The Bertz CT molecular complexity index is 431. The number of hydrogen-bond acceptors (Lipinski definition) is 3. The molecule has 1 heterocycles. The van der Waals surface area contributed by atoms with Crippen LogP contribution in [0.3, 0.4) is 0 Å². The minimum absolute atomic E-state index is 0.0664. The van der Waals surface area contributed by atoms with Crippen LogP contribution < -0.4 is 10.6 Å². The lowest BCUT2D eigenvalue weighted by Gasteiger charge is -2.25. The molecule has 2 N–H and O–H groups in total. The van der Waals surface area contributed by atoms with E-state index in [1.807, 2.05) is 12.3 Å². The molecule has 1 atom stereocenters. The number of rotatable bonds is 5. The van der Waals surface area contributed by atoms with Crippen LogP contribution in [0.4, 0.5) is 0 Å². The molecule has 19 heavy (non-hydrogen) atoms. The summed E-state index contributed by atoms with van der Waals surface area (Å²) in [4.78, 5) is 16.2. The van der Waals surface area contributed by atoms with Gasteiger partial charge in [-0.1, -0.05) is 19.9 Å². The molecule has 0 fully saturated rings. The number of nitrogens with zero attached hydrogens (tertiary/aromatic N) is 1. The van der Waals surface area contributed by atoms with Crippen molar-refractivity contribution in [2.24, 2.45) is 5.92 Å². The smallest absolute Gasteiger partial charge is 0.233 e. The van der Waals surface area contributed by atoms with Crippen molar-refractivity contribution < 1.29 is 4.79 Å². The lowest BCUT2D eigenvalue weighted by atomic mass is 9.92. The second-order valence-corrected chi connectivity index (χ2v) is 5.57. The van der Waals surface area contributed by atoms with E-state index < -0.39 is 0 Å². The quantitative estimate of drug-likeness (QED) is 0.850. The molecule has 1 unspecified atom stereocenters. The zero-order chi connectivity index (χ0) is 13.7. The van der Waals surface area contributed by atoms with Crippen molar-refractivity contribution in [3.05, 3.63) is 29.6 Å². The van der Waals surface area contributed by atoms with Crippen molar-refractivity contribution in [3.8, 4) is 0 Å². The monoisotopic (exact) mass is 261 g/mol. The van der Waals surface area contributed by atoms with Gasteiger partial charge in [-0.3, -0.25) is 9.78 Å². The number of carbonyl (C=O) groups is 1. The van der Waals surface area contributed by atoms with Gasteiger partial charge in [-0.15, -0.1) is 0 Å².